The van der Waals surface area contributed by atoms with Gasteiger partial charge in [-0.15, -0.1) is 0 Å². The lowest BCUT2D eigenvalue weighted by atomic mass is 9.87. The molecule has 0 saturated carbocycles. The first-order valence-corrected chi connectivity index (χ1v) is 11.6. The first kappa shape index (κ1) is 23.1. The molecule has 2 aromatic rings. The quantitative estimate of drug-likeness (QED) is 0.223. The number of urea groups is 1. The van der Waals surface area contributed by atoms with Crippen molar-refractivity contribution in [1.82, 2.24) is 15.1 Å². The SMILES string of the molecule is NC(=NO)c1cccc(C2C(CO)CNC(=O)N2CC2CCN(Cc3ccccc3)CC2)c1. The van der Waals surface area contributed by atoms with Crippen molar-refractivity contribution in [1.29, 1.82) is 0 Å². The minimum Gasteiger partial charge on any atom is -0.409 e. The summed E-state index contributed by atoms with van der Waals surface area (Å²) in [6.07, 6.45) is 2.05. The molecule has 0 radical (unpaired) electrons. The number of rotatable bonds is 7. The van der Waals surface area contributed by atoms with Gasteiger partial charge in [0.25, 0.3) is 0 Å². The van der Waals surface area contributed by atoms with Crippen molar-refractivity contribution < 1.29 is 15.1 Å². The lowest BCUT2D eigenvalue weighted by Crippen LogP contribution is -2.55. The number of nitrogens with zero attached hydrogens (tertiary/aromatic N) is 3. The molecule has 2 heterocycles. The highest BCUT2D eigenvalue weighted by atomic mass is 16.4. The van der Waals surface area contributed by atoms with Crippen molar-refractivity contribution >= 4 is 11.9 Å². The van der Waals surface area contributed by atoms with Gasteiger partial charge in [-0.1, -0.05) is 53.7 Å². The van der Waals surface area contributed by atoms with Gasteiger partial charge in [0.05, 0.1) is 6.04 Å². The van der Waals surface area contributed by atoms with E-state index in [0.717, 1.165) is 38.0 Å². The maximum absolute atomic E-state index is 12.9. The highest BCUT2D eigenvalue weighted by molar-refractivity contribution is 5.97. The van der Waals surface area contributed by atoms with E-state index in [1.165, 1.54) is 5.56 Å². The second-order valence-electron chi connectivity index (χ2n) is 9.04. The summed E-state index contributed by atoms with van der Waals surface area (Å²) in [6.45, 7) is 3.97. The zero-order chi connectivity index (χ0) is 23.2. The third kappa shape index (κ3) is 5.46. The summed E-state index contributed by atoms with van der Waals surface area (Å²) >= 11 is 0. The van der Waals surface area contributed by atoms with Gasteiger partial charge in [0.2, 0.25) is 0 Å². The van der Waals surface area contributed by atoms with Crippen LogP contribution < -0.4 is 11.1 Å². The zero-order valence-corrected chi connectivity index (χ0v) is 18.8. The summed E-state index contributed by atoms with van der Waals surface area (Å²) in [5, 5.41) is 25.2. The van der Waals surface area contributed by atoms with E-state index in [1.54, 1.807) is 6.07 Å². The van der Waals surface area contributed by atoms with Gasteiger partial charge in [0, 0.05) is 37.7 Å². The summed E-state index contributed by atoms with van der Waals surface area (Å²) in [5.74, 6) is 0.286. The maximum Gasteiger partial charge on any atom is 0.317 e. The summed E-state index contributed by atoms with van der Waals surface area (Å²) in [6, 6.07) is 17.5. The van der Waals surface area contributed by atoms with Crippen LogP contribution in [0.5, 0.6) is 0 Å². The fourth-order valence-corrected chi connectivity index (χ4v) is 5.01. The molecule has 0 aliphatic carbocycles. The molecule has 2 aliphatic heterocycles. The summed E-state index contributed by atoms with van der Waals surface area (Å²) in [5.41, 5.74) is 8.59. The molecule has 2 aliphatic rings. The average molecular weight is 452 g/mol. The Morgan fingerprint density at radius 1 is 1.12 bits per heavy atom. The number of carbonyl (C=O) groups excluding carboxylic acids is 1. The highest BCUT2D eigenvalue weighted by Crippen LogP contribution is 2.34. The number of benzene rings is 2. The van der Waals surface area contributed by atoms with Gasteiger partial charge in [-0.3, -0.25) is 4.90 Å². The molecule has 2 unspecified atom stereocenters. The predicted molar refractivity (Wildman–Crippen MR) is 127 cm³/mol. The fraction of sp³-hybridized carbons (Fsp3) is 0.440. The van der Waals surface area contributed by atoms with E-state index in [0.29, 0.717) is 24.6 Å². The molecule has 0 spiro atoms. The van der Waals surface area contributed by atoms with E-state index in [1.807, 2.05) is 29.2 Å². The molecular weight excluding hydrogens is 418 g/mol. The summed E-state index contributed by atoms with van der Waals surface area (Å²) in [7, 11) is 0. The lowest BCUT2D eigenvalue weighted by Gasteiger charge is -2.44. The molecule has 8 nitrogen and oxygen atoms in total. The van der Waals surface area contributed by atoms with Crippen LogP contribution in [0.2, 0.25) is 0 Å². The Balaban J connectivity index is 1.46. The molecule has 2 aromatic carbocycles. The third-order valence-electron chi connectivity index (χ3n) is 6.84. The van der Waals surface area contributed by atoms with Crippen molar-refractivity contribution in [2.45, 2.75) is 25.4 Å². The number of likely N-dealkylation sites (tertiary alicyclic amines) is 1. The van der Waals surface area contributed by atoms with Crippen LogP contribution in [0.15, 0.2) is 59.8 Å². The number of oxime groups is 1. The van der Waals surface area contributed by atoms with Gasteiger partial charge >= 0.3 is 6.03 Å². The molecular formula is C25H33N5O3. The van der Waals surface area contributed by atoms with Gasteiger partial charge in [-0.25, -0.2) is 4.79 Å². The standard InChI is InChI=1S/C25H33N5O3/c26-24(28-33)21-8-4-7-20(13-21)23-22(17-31)14-27-25(32)30(23)16-19-9-11-29(12-10-19)15-18-5-2-1-3-6-18/h1-8,13,19,22-23,31,33H,9-12,14-17H2,(H2,26,28)(H,27,32). The van der Waals surface area contributed by atoms with Crippen LogP contribution in [0, 0.1) is 11.8 Å². The second-order valence-corrected chi connectivity index (χ2v) is 9.04. The van der Waals surface area contributed by atoms with E-state index < -0.39 is 0 Å². The van der Waals surface area contributed by atoms with Crippen molar-refractivity contribution in [2.75, 3.05) is 32.8 Å². The van der Waals surface area contributed by atoms with Crippen molar-refractivity contribution in [3.8, 4) is 0 Å². The van der Waals surface area contributed by atoms with Crippen LogP contribution in [0.1, 0.15) is 35.6 Å². The fourth-order valence-electron chi connectivity index (χ4n) is 5.01. The van der Waals surface area contributed by atoms with Gasteiger partial charge < -0.3 is 26.3 Å². The molecule has 2 fully saturated rings. The summed E-state index contributed by atoms with van der Waals surface area (Å²) in [4.78, 5) is 17.3. The normalized spacial score (nSPS) is 22.9. The van der Waals surface area contributed by atoms with E-state index in [4.69, 9.17) is 10.9 Å². The van der Waals surface area contributed by atoms with Crippen LogP contribution in [0.25, 0.3) is 0 Å². The molecule has 2 atom stereocenters. The Labute approximate surface area is 194 Å². The van der Waals surface area contributed by atoms with Gasteiger partial charge in [0.1, 0.15) is 0 Å². The number of carbonyl (C=O) groups is 1. The number of aliphatic hydroxyl groups is 1. The largest absolute Gasteiger partial charge is 0.409 e. The molecule has 5 N–H and O–H groups in total. The molecule has 176 valence electrons. The van der Waals surface area contributed by atoms with Crippen molar-refractivity contribution in [3.05, 3.63) is 71.3 Å². The number of piperidine rings is 1. The predicted octanol–water partition coefficient (Wildman–Crippen LogP) is 2.37. The molecule has 8 heteroatoms. The Kier molecular flexibility index (Phi) is 7.47. The second kappa shape index (κ2) is 10.7. The third-order valence-corrected chi connectivity index (χ3v) is 6.84. The molecule has 0 bridgehead atoms. The topological polar surface area (TPSA) is 114 Å². The van der Waals surface area contributed by atoms with Gasteiger partial charge in [-0.05, 0) is 49.0 Å². The van der Waals surface area contributed by atoms with Gasteiger partial charge in [-0.2, -0.15) is 0 Å². The number of hydrogen-bond acceptors (Lipinski definition) is 5. The van der Waals surface area contributed by atoms with E-state index in [-0.39, 0.29) is 30.4 Å². The highest BCUT2D eigenvalue weighted by Gasteiger charge is 2.38. The maximum atomic E-state index is 12.9. The lowest BCUT2D eigenvalue weighted by molar-refractivity contribution is 0.0658. The molecule has 33 heavy (non-hydrogen) atoms. The monoisotopic (exact) mass is 451 g/mol. The van der Waals surface area contributed by atoms with Crippen molar-refractivity contribution in [3.63, 3.8) is 0 Å². The molecule has 0 aromatic heterocycles. The van der Waals surface area contributed by atoms with Crippen LogP contribution >= 0.6 is 0 Å². The summed E-state index contributed by atoms with van der Waals surface area (Å²) < 4.78 is 0. The zero-order valence-electron chi connectivity index (χ0n) is 18.8. The first-order valence-electron chi connectivity index (χ1n) is 11.6. The Morgan fingerprint density at radius 3 is 2.58 bits per heavy atom. The first-order chi connectivity index (χ1) is 16.1. The number of nitrogens with two attached hydrogens (primary N) is 1. The number of hydrogen-bond donors (Lipinski definition) is 4. The Morgan fingerprint density at radius 2 is 1.88 bits per heavy atom. The number of aliphatic hydroxyl groups excluding tert-OH is 1. The molecule has 2 amide bonds. The van der Waals surface area contributed by atoms with Crippen LogP contribution in [-0.4, -0.2) is 64.8 Å². The van der Waals surface area contributed by atoms with E-state index in [9.17, 15) is 9.90 Å². The minimum atomic E-state index is -0.266. The van der Waals surface area contributed by atoms with Gasteiger partial charge in [0.15, 0.2) is 5.84 Å². The van der Waals surface area contributed by atoms with Crippen molar-refractivity contribution in [2.24, 2.45) is 22.7 Å². The smallest absolute Gasteiger partial charge is 0.317 e. The molecule has 2 saturated heterocycles. The number of amides is 2. The Bertz CT molecular complexity index is 960. The number of amidine groups is 1. The van der Waals surface area contributed by atoms with E-state index in [2.05, 4.69) is 39.6 Å². The average Bonchev–Trinajstić information content (AvgIpc) is 2.86. The van der Waals surface area contributed by atoms with Crippen LogP contribution in [-0.2, 0) is 6.54 Å². The van der Waals surface area contributed by atoms with E-state index >= 15 is 0 Å². The van der Waals surface area contributed by atoms with Crippen LogP contribution in [0.3, 0.4) is 0 Å². The minimum absolute atomic E-state index is 0.0231. The van der Waals surface area contributed by atoms with Crippen LogP contribution in [0.4, 0.5) is 4.79 Å². The molecule has 4 rings (SSSR count). The number of nitrogens with one attached hydrogen (secondary N) is 1. The Hall–Kier alpha value is -3.10.